The minimum Gasteiger partial charge on any atom is -0.355 e. The molecule has 0 saturated heterocycles. The van der Waals surface area contributed by atoms with Crippen LogP contribution < -0.4 is 5.32 Å². The predicted molar refractivity (Wildman–Crippen MR) is 114 cm³/mol. The molecule has 6 heteroatoms. The minimum atomic E-state index is 0.533. The van der Waals surface area contributed by atoms with Gasteiger partial charge >= 0.3 is 0 Å². The van der Waals surface area contributed by atoms with E-state index in [2.05, 4.69) is 69.9 Å². The maximum Gasteiger partial charge on any atom is 0.193 e. The highest BCUT2D eigenvalue weighted by molar-refractivity contribution is 5.79. The Hall–Kier alpha value is -2.34. The third kappa shape index (κ3) is 6.10. The number of aromatic amines is 1. The molecular weight excluding hydrogens is 336 g/mol. The number of aliphatic imine (C=N–C) groups is 1. The summed E-state index contributed by atoms with van der Waals surface area (Å²) in [6.07, 6.45) is 1.89. The highest BCUT2D eigenvalue weighted by Crippen LogP contribution is 2.16. The van der Waals surface area contributed by atoms with Crippen LogP contribution >= 0.6 is 0 Å². The van der Waals surface area contributed by atoms with Crippen LogP contribution in [0, 0.1) is 0 Å². The van der Waals surface area contributed by atoms with Crippen molar-refractivity contribution in [2.45, 2.75) is 46.3 Å². The van der Waals surface area contributed by atoms with Gasteiger partial charge in [-0.1, -0.05) is 30.3 Å². The maximum absolute atomic E-state index is 4.52. The number of benzene rings is 1. The van der Waals surface area contributed by atoms with Crippen molar-refractivity contribution in [1.82, 2.24) is 25.1 Å². The van der Waals surface area contributed by atoms with Crippen molar-refractivity contribution in [3.05, 3.63) is 42.4 Å². The molecule has 1 aromatic carbocycles. The van der Waals surface area contributed by atoms with Crippen molar-refractivity contribution < 1.29 is 0 Å². The first-order valence-corrected chi connectivity index (χ1v) is 9.69. The standard InChI is InChI=1S/C21H34N6/c1-16(2)27(17(3)4)13-12-23-21(22-5)26(6)15-20-24-14-19(25-20)18-10-8-7-9-11-18/h7-11,14,16-17H,12-13,15H2,1-6H3,(H,22,23)(H,24,25). The Morgan fingerprint density at radius 1 is 1.15 bits per heavy atom. The van der Waals surface area contributed by atoms with Crippen molar-refractivity contribution in [2.24, 2.45) is 4.99 Å². The van der Waals surface area contributed by atoms with Gasteiger partial charge in [0.05, 0.1) is 18.4 Å². The summed E-state index contributed by atoms with van der Waals surface area (Å²) < 4.78 is 0. The normalized spacial score (nSPS) is 12.3. The lowest BCUT2D eigenvalue weighted by atomic mass is 10.2. The van der Waals surface area contributed by atoms with Crippen molar-refractivity contribution in [2.75, 3.05) is 27.2 Å². The van der Waals surface area contributed by atoms with Crippen LogP contribution in [0.25, 0.3) is 11.3 Å². The summed E-state index contributed by atoms with van der Waals surface area (Å²) in [5.41, 5.74) is 2.18. The molecular formula is C21H34N6. The Labute approximate surface area is 163 Å². The minimum absolute atomic E-state index is 0.533. The van der Waals surface area contributed by atoms with Gasteiger partial charge in [0, 0.05) is 39.3 Å². The van der Waals surface area contributed by atoms with E-state index in [1.807, 2.05) is 38.5 Å². The molecule has 1 aromatic heterocycles. The quantitative estimate of drug-likeness (QED) is 0.553. The zero-order valence-electron chi connectivity index (χ0n) is 17.5. The Bertz CT molecular complexity index is 696. The van der Waals surface area contributed by atoms with Gasteiger partial charge in [-0.3, -0.25) is 9.89 Å². The van der Waals surface area contributed by atoms with E-state index in [1.54, 1.807) is 0 Å². The molecule has 0 amide bonds. The molecule has 0 radical (unpaired) electrons. The fourth-order valence-electron chi connectivity index (χ4n) is 3.30. The highest BCUT2D eigenvalue weighted by atomic mass is 15.3. The number of rotatable bonds is 8. The number of nitrogens with one attached hydrogen (secondary N) is 2. The molecule has 0 fully saturated rings. The number of hydrogen-bond donors (Lipinski definition) is 2. The Kier molecular flexibility index (Phi) is 7.85. The summed E-state index contributed by atoms with van der Waals surface area (Å²) in [6.45, 7) is 11.5. The molecule has 0 aliphatic heterocycles. The summed E-state index contributed by atoms with van der Waals surface area (Å²) in [6, 6.07) is 11.3. The Morgan fingerprint density at radius 3 is 2.41 bits per heavy atom. The van der Waals surface area contributed by atoms with Crippen LogP contribution in [0.1, 0.15) is 33.5 Å². The molecule has 0 atom stereocenters. The average molecular weight is 371 g/mol. The number of aromatic nitrogens is 2. The molecule has 2 N–H and O–H groups in total. The van der Waals surface area contributed by atoms with E-state index in [0.717, 1.165) is 36.1 Å². The lowest BCUT2D eigenvalue weighted by Gasteiger charge is -2.31. The maximum atomic E-state index is 4.52. The zero-order valence-corrected chi connectivity index (χ0v) is 17.5. The highest BCUT2D eigenvalue weighted by Gasteiger charge is 2.14. The Balaban J connectivity index is 1.90. The molecule has 2 aromatic rings. The SMILES string of the molecule is CN=C(NCCN(C(C)C)C(C)C)N(C)Cc1ncc(-c2ccccc2)[nH]1. The number of guanidine groups is 1. The molecule has 0 saturated carbocycles. The van der Waals surface area contributed by atoms with Crippen LogP contribution in [0.4, 0.5) is 0 Å². The molecule has 1 heterocycles. The summed E-state index contributed by atoms with van der Waals surface area (Å²) in [5.74, 6) is 1.80. The van der Waals surface area contributed by atoms with Crippen molar-refractivity contribution in [1.29, 1.82) is 0 Å². The van der Waals surface area contributed by atoms with Gasteiger partial charge in [-0.2, -0.15) is 0 Å². The van der Waals surface area contributed by atoms with E-state index < -0.39 is 0 Å². The van der Waals surface area contributed by atoms with E-state index in [0.29, 0.717) is 18.6 Å². The first-order chi connectivity index (χ1) is 12.9. The molecule has 0 bridgehead atoms. The van der Waals surface area contributed by atoms with Crippen LogP contribution in [0.2, 0.25) is 0 Å². The van der Waals surface area contributed by atoms with Crippen LogP contribution in [0.3, 0.4) is 0 Å². The molecule has 0 spiro atoms. The second-order valence-corrected chi connectivity index (χ2v) is 7.36. The second-order valence-electron chi connectivity index (χ2n) is 7.36. The van der Waals surface area contributed by atoms with Gasteiger partial charge in [0.1, 0.15) is 5.82 Å². The summed E-state index contributed by atoms with van der Waals surface area (Å²) in [4.78, 5) is 16.9. The third-order valence-electron chi connectivity index (χ3n) is 4.65. The van der Waals surface area contributed by atoms with Crippen molar-refractivity contribution >= 4 is 5.96 Å². The topological polar surface area (TPSA) is 59.6 Å². The number of hydrogen-bond acceptors (Lipinski definition) is 3. The van der Waals surface area contributed by atoms with Crippen LogP contribution in [0.5, 0.6) is 0 Å². The van der Waals surface area contributed by atoms with Gasteiger partial charge in [-0.15, -0.1) is 0 Å². The molecule has 2 rings (SSSR count). The lowest BCUT2D eigenvalue weighted by Crippen LogP contribution is -2.45. The number of nitrogens with zero attached hydrogens (tertiary/aromatic N) is 4. The zero-order chi connectivity index (χ0) is 19.8. The van der Waals surface area contributed by atoms with E-state index >= 15 is 0 Å². The largest absolute Gasteiger partial charge is 0.355 e. The summed E-state index contributed by atoms with van der Waals surface area (Å²) >= 11 is 0. The van der Waals surface area contributed by atoms with Gasteiger partial charge in [-0.25, -0.2) is 4.98 Å². The monoisotopic (exact) mass is 370 g/mol. The Morgan fingerprint density at radius 2 is 1.81 bits per heavy atom. The first kappa shape index (κ1) is 21.0. The summed E-state index contributed by atoms with van der Waals surface area (Å²) in [7, 11) is 3.85. The average Bonchev–Trinajstić information content (AvgIpc) is 3.10. The lowest BCUT2D eigenvalue weighted by molar-refractivity contribution is 0.178. The summed E-state index contributed by atoms with van der Waals surface area (Å²) in [5, 5.41) is 3.46. The van der Waals surface area contributed by atoms with Gasteiger partial charge < -0.3 is 15.2 Å². The van der Waals surface area contributed by atoms with Crippen LogP contribution in [-0.2, 0) is 6.54 Å². The van der Waals surface area contributed by atoms with Gasteiger partial charge in [0.25, 0.3) is 0 Å². The third-order valence-corrected chi connectivity index (χ3v) is 4.65. The molecule has 6 nitrogen and oxygen atoms in total. The van der Waals surface area contributed by atoms with Crippen molar-refractivity contribution in [3.8, 4) is 11.3 Å². The van der Waals surface area contributed by atoms with E-state index in [4.69, 9.17) is 0 Å². The fourth-order valence-corrected chi connectivity index (χ4v) is 3.30. The van der Waals surface area contributed by atoms with E-state index in [9.17, 15) is 0 Å². The van der Waals surface area contributed by atoms with E-state index in [-0.39, 0.29) is 0 Å². The van der Waals surface area contributed by atoms with Crippen LogP contribution in [-0.4, -0.2) is 65.0 Å². The van der Waals surface area contributed by atoms with Crippen molar-refractivity contribution in [3.63, 3.8) is 0 Å². The second kappa shape index (κ2) is 10.1. The fraction of sp³-hybridized carbons (Fsp3) is 0.524. The van der Waals surface area contributed by atoms with Gasteiger partial charge in [0.15, 0.2) is 5.96 Å². The van der Waals surface area contributed by atoms with E-state index in [1.165, 1.54) is 0 Å². The van der Waals surface area contributed by atoms with Crippen LogP contribution in [0.15, 0.2) is 41.5 Å². The van der Waals surface area contributed by atoms with Gasteiger partial charge in [-0.05, 0) is 33.3 Å². The number of imidazole rings is 1. The predicted octanol–water partition coefficient (Wildman–Crippen LogP) is 3.20. The first-order valence-electron chi connectivity index (χ1n) is 9.69. The molecule has 148 valence electrons. The molecule has 0 aliphatic carbocycles. The smallest absolute Gasteiger partial charge is 0.193 e. The molecule has 27 heavy (non-hydrogen) atoms. The number of H-pyrrole nitrogens is 1. The molecule has 0 unspecified atom stereocenters. The van der Waals surface area contributed by atoms with Gasteiger partial charge in [0.2, 0.25) is 0 Å². The molecule has 0 aliphatic rings.